The van der Waals surface area contributed by atoms with Crippen molar-refractivity contribution in [1.29, 1.82) is 0 Å². The molecule has 13 heavy (non-hydrogen) atoms. The van der Waals surface area contributed by atoms with E-state index in [0.717, 1.165) is 6.26 Å². The molecule has 0 aromatic heterocycles. The summed E-state index contributed by atoms with van der Waals surface area (Å²) in [6.07, 6.45) is 0.681. The van der Waals surface area contributed by atoms with E-state index in [-0.39, 0.29) is 19.4 Å². The Morgan fingerprint density at radius 3 is 2.54 bits per heavy atom. The second kappa shape index (κ2) is 6.19. The van der Waals surface area contributed by atoms with Gasteiger partial charge >= 0.3 is 11.9 Å². The average molecular weight is 188 g/mol. The topological polar surface area (TPSA) is 83.8 Å². The number of ether oxygens (including phenoxy) is 1. The lowest BCUT2D eigenvalue weighted by molar-refractivity contribution is -0.149. The van der Waals surface area contributed by atoms with Crippen LogP contribution in [0.15, 0.2) is 12.8 Å². The molecular weight excluding hydrogens is 176 g/mol. The van der Waals surface area contributed by atoms with Crippen molar-refractivity contribution in [3.05, 3.63) is 12.8 Å². The lowest BCUT2D eigenvalue weighted by atomic mass is 10.0. The molecule has 0 radical (unpaired) electrons. The van der Waals surface area contributed by atoms with Gasteiger partial charge in [0.25, 0.3) is 0 Å². The highest BCUT2D eigenvalue weighted by molar-refractivity contribution is 5.79. The van der Waals surface area contributed by atoms with Gasteiger partial charge in [-0.15, -0.1) is 0 Å². The molecule has 5 nitrogen and oxygen atoms in total. The largest absolute Gasteiger partial charge is 0.481 e. The van der Waals surface area contributed by atoms with E-state index in [1.54, 1.807) is 0 Å². The molecular formula is C8H12O5. The lowest BCUT2D eigenvalue weighted by Crippen LogP contribution is -2.20. The summed E-state index contributed by atoms with van der Waals surface area (Å²) in [5, 5.41) is 17.0. The average Bonchev–Trinajstić information content (AvgIpc) is 2.03. The SMILES string of the molecule is C=COC(=O)C(CCO)CC(=O)O. The van der Waals surface area contributed by atoms with Crippen LogP contribution in [-0.2, 0) is 14.3 Å². The summed E-state index contributed by atoms with van der Waals surface area (Å²) in [6.45, 7) is 2.92. The number of carbonyl (C=O) groups is 2. The molecule has 0 aliphatic rings. The van der Waals surface area contributed by atoms with Gasteiger partial charge in [0.1, 0.15) is 0 Å². The number of hydrogen-bond donors (Lipinski definition) is 2. The van der Waals surface area contributed by atoms with E-state index < -0.39 is 17.9 Å². The molecule has 0 fully saturated rings. The quantitative estimate of drug-likeness (QED) is 0.457. The van der Waals surface area contributed by atoms with E-state index in [2.05, 4.69) is 11.3 Å². The van der Waals surface area contributed by atoms with Gasteiger partial charge in [0.2, 0.25) is 0 Å². The molecule has 1 unspecified atom stereocenters. The molecule has 0 saturated carbocycles. The Balaban J connectivity index is 4.13. The van der Waals surface area contributed by atoms with Gasteiger partial charge in [-0.3, -0.25) is 9.59 Å². The Hall–Kier alpha value is -1.36. The number of carbonyl (C=O) groups excluding carboxylic acids is 1. The van der Waals surface area contributed by atoms with E-state index in [0.29, 0.717) is 0 Å². The van der Waals surface area contributed by atoms with Crippen molar-refractivity contribution < 1.29 is 24.5 Å². The van der Waals surface area contributed by atoms with Crippen LogP contribution in [0.1, 0.15) is 12.8 Å². The monoisotopic (exact) mass is 188 g/mol. The zero-order chi connectivity index (χ0) is 10.3. The molecule has 5 heteroatoms. The third-order valence-corrected chi connectivity index (χ3v) is 1.43. The molecule has 0 spiro atoms. The van der Waals surface area contributed by atoms with E-state index >= 15 is 0 Å². The molecule has 0 amide bonds. The molecule has 0 aromatic carbocycles. The smallest absolute Gasteiger partial charge is 0.314 e. The van der Waals surface area contributed by atoms with Crippen LogP contribution in [0.3, 0.4) is 0 Å². The van der Waals surface area contributed by atoms with Gasteiger partial charge in [-0.2, -0.15) is 0 Å². The molecule has 0 aromatic rings. The minimum atomic E-state index is -1.10. The second-order valence-corrected chi connectivity index (χ2v) is 2.41. The van der Waals surface area contributed by atoms with Gasteiger partial charge in [-0.25, -0.2) is 0 Å². The highest BCUT2D eigenvalue weighted by Gasteiger charge is 2.21. The summed E-state index contributed by atoms with van der Waals surface area (Å²) in [7, 11) is 0. The number of esters is 1. The van der Waals surface area contributed by atoms with Crippen LogP contribution >= 0.6 is 0 Å². The van der Waals surface area contributed by atoms with Gasteiger partial charge in [-0.05, 0) is 6.42 Å². The van der Waals surface area contributed by atoms with Crippen LogP contribution in [0.25, 0.3) is 0 Å². The van der Waals surface area contributed by atoms with Crippen molar-refractivity contribution >= 4 is 11.9 Å². The minimum Gasteiger partial charge on any atom is -0.481 e. The first-order valence-electron chi connectivity index (χ1n) is 3.75. The first-order chi connectivity index (χ1) is 6.11. The number of hydrogen-bond acceptors (Lipinski definition) is 4. The molecule has 0 aliphatic carbocycles. The molecule has 0 rings (SSSR count). The summed E-state index contributed by atoms with van der Waals surface area (Å²) in [6, 6.07) is 0. The van der Waals surface area contributed by atoms with E-state index in [9.17, 15) is 9.59 Å². The second-order valence-electron chi connectivity index (χ2n) is 2.41. The summed E-state index contributed by atoms with van der Waals surface area (Å²) >= 11 is 0. The summed E-state index contributed by atoms with van der Waals surface area (Å²) in [5.41, 5.74) is 0. The molecule has 0 bridgehead atoms. The fraction of sp³-hybridized carbons (Fsp3) is 0.500. The maximum absolute atomic E-state index is 11.0. The predicted octanol–water partition coefficient (Wildman–Crippen LogP) is 0.146. The number of rotatable bonds is 6. The molecule has 1 atom stereocenters. The van der Waals surface area contributed by atoms with Crippen LogP contribution in [0.4, 0.5) is 0 Å². The van der Waals surface area contributed by atoms with Gasteiger partial charge in [0.15, 0.2) is 0 Å². The summed E-state index contributed by atoms with van der Waals surface area (Å²) in [5.74, 6) is -2.58. The van der Waals surface area contributed by atoms with Gasteiger partial charge < -0.3 is 14.9 Å². The zero-order valence-corrected chi connectivity index (χ0v) is 7.10. The predicted molar refractivity (Wildman–Crippen MR) is 43.7 cm³/mol. The Morgan fingerprint density at radius 1 is 1.54 bits per heavy atom. The molecule has 0 heterocycles. The fourth-order valence-corrected chi connectivity index (χ4v) is 0.848. The number of carboxylic acid groups (broad SMARTS) is 1. The minimum absolute atomic E-state index is 0.0823. The maximum atomic E-state index is 11.0. The highest BCUT2D eigenvalue weighted by Crippen LogP contribution is 2.10. The molecule has 2 N–H and O–H groups in total. The maximum Gasteiger partial charge on any atom is 0.314 e. The normalized spacial score (nSPS) is 11.8. The van der Waals surface area contributed by atoms with Crippen LogP contribution in [0.5, 0.6) is 0 Å². The lowest BCUT2D eigenvalue weighted by Gasteiger charge is -2.09. The van der Waals surface area contributed by atoms with Crippen molar-refractivity contribution in [2.24, 2.45) is 5.92 Å². The fourth-order valence-electron chi connectivity index (χ4n) is 0.848. The Kier molecular flexibility index (Phi) is 5.54. The van der Waals surface area contributed by atoms with Gasteiger partial charge in [0, 0.05) is 6.61 Å². The Bertz CT molecular complexity index is 199. The van der Waals surface area contributed by atoms with Crippen LogP contribution in [0, 0.1) is 5.92 Å². The first-order valence-corrected chi connectivity index (χ1v) is 3.75. The van der Waals surface area contributed by atoms with Gasteiger partial charge in [-0.1, -0.05) is 6.58 Å². The van der Waals surface area contributed by atoms with Crippen molar-refractivity contribution in [1.82, 2.24) is 0 Å². The van der Waals surface area contributed by atoms with Crippen LogP contribution < -0.4 is 0 Å². The first kappa shape index (κ1) is 11.6. The van der Waals surface area contributed by atoms with E-state index in [1.807, 2.05) is 0 Å². The third kappa shape index (κ3) is 4.97. The molecule has 74 valence electrons. The van der Waals surface area contributed by atoms with Crippen LogP contribution in [-0.4, -0.2) is 28.8 Å². The number of aliphatic carboxylic acids is 1. The third-order valence-electron chi connectivity index (χ3n) is 1.43. The number of aliphatic hydroxyl groups excluding tert-OH is 1. The van der Waals surface area contributed by atoms with Crippen molar-refractivity contribution in [3.8, 4) is 0 Å². The Labute approximate surface area is 75.6 Å². The zero-order valence-electron chi connectivity index (χ0n) is 7.10. The number of carboxylic acids is 1. The summed E-state index contributed by atoms with van der Waals surface area (Å²) in [4.78, 5) is 21.3. The van der Waals surface area contributed by atoms with Crippen molar-refractivity contribution in [3.63, 3.8) is 0 Å². The molecule has 0 aliphatic heterocycles. The number of aliphatic hydroxyl groups is 1. The van der Waals surface area contributed by atoms with Gasteiger partial charge in [0.05, 0.1) is 18.6 Å². The van der Waals surface area contributed by atoms with Crippen molar-refractivity contribution in [2.45, 2.75) is 12.8 Å². The highest BCUT2D eigenvalue weighted by atomic mass is 16.5. The van der Waals surface area contributed by atoms with Crippen LogP contribution in [0.2, 0.25) is 0 Å². The van der Waals surface area contributed by atoms with E-state index in [4.69, 9.17) is 10.2 Å². The standard InChI is InChI=1S/C8H12O5/c1-2-13-8(12)6(3-4-9)5-7(10)11/h2,6,9H,1,3-5H2,(H,10,11). The molecule has 0 saturated heterocycles. The van der Waals surface area contributed by atoms with Crippen molar-refractivity contribution in [2.75, 3.05) is 6.61 Å². The summed E-state index contributed by atoms with van der Waals surface area (Å²) < 4.78 is 4.41. The Morgan fingerprint density at radius 2 is 2.15 bits per heavy atom. The van der Waals surface area contributed by atoms with E-state index in [1.165, 1.54) is 0 Å².